The van der Waals surface area contributed by atoms with Gasteiger partial charge in [-0.3, -0.25) is 4.90 Å². The minimum absolute atomic E-state index is 0.177. The summed E-state index contributed by atoms with van der Waals surface area (Å²) in [5, 5.41) is 0. The van der Waals surface area contributed by atoms with E-state index in [1.807, 2.05) is 0 Å². The Morgan fingerprint density at radius 2 is 1.76 bits per heavy atom. The maximum atomic E-state index is 6.41. The molecular formula is C26H36N2O. The number of rotatable bonds is 5. The van der Waals surface area contributed by atoms with Gasteiger partial charge in [-0.15, -0.1) is 0 Å². The van der Waals surface area contributed by atoms with E-state index >= 15 is 0 Å². The molecule has 3 heteroatoms. The van der Waals surface area contributed by atoms with Gasteiger partial charge in [0.05, 0.1) is 13.2 Å². The third-order valence-corrected chi connectivity index (χ3v) is 8.21. The van der Waals surface area contributed by atoms with Crippen molar-refractivity contribution in [3.05, 3.63) is 64.2 Å². The Morgan fingerprint density at radius 3 is 2.48 bits per heavy atom. The van der Waals surface area contributed by atoms with Crippen molar-refractivity contribution in [1.82, 2.24) is 4.90 Å². The molecule has 1 fully saturated rings. The number of anilines is 1. The van der Waals surface area contributed by atoms with Crippen LogP contribution in [-0.4, -0.2) is 30.6 Å². The van der Waals surface area contributed by atoms with Gasteiger partial charge in [0.15, 0.2) is 0 Å². The van der Waals surface area contributed by atoms with Crippen molar-refractivity contribution < 1.29 is 4.74 Å². The SMILES string of the molecule is Cc1cccc(C)c1COCCN1CC[C@@]2(C)c3cccc(N)c3C[C@@H]1C2(C)C. The van der Waals surface area contributed by atoms with Gasteiger partial charge < -0.3 is 10.5 Å². The standard InChI is InChI=1S/C26H36N2O/c1-18-8-6-9-19(2)21(18)17-29-15-14-28-13-12-26(5)22-10-7-11-23(27)20(22)16-24(28)25(26,3)4/h6-11,24H,12-17,27H2,1-5H3/t24-,26+/m1/s1. The number of hydrogen-bond acceptors (Lipinski definition) is 3. The lowest BCUT2D eigenvalue weighted by atomic mass is 9.51. The van der Waals surface area contributed by atoms with Gasteiger partial charge in [-0.2, -0.15) is 0 Å². The van der Waals surface area contributed by atoms with Crippen molar-refractivity contribution in [2.24, 2.45) is 5.41 Å². The molecule has 1 heterocycles. The van der Waals surface area contributed by atoms with Crippen molar-refractivity contribution in [3.63, 3.8) is 0 Å². The molecule has 0 aromatic heterocycles. The zero-order valence-electron chi connectivity index (χ0n) is 18.7. The first-order valence-corrected chi connectivity index (χ1v) is 11.0. The number of benzene rings is 2. The second-order valence-corrected chi connectivity index (χ2v) is 9.86. The van der Waals surface area contributed by atoms with E-state index in [1.165, 1.54) is 34.2 Å². The van der Waals surface area contributed by atoms with Gasteiger partial charge in [-0.05, 0) is 72.5 Å². The predicted octanol–water partition coefficient (Wildman–Crippen LogP) is 5.02. The highest BCUT2D eigenvalue weighted by molar-refractivity contribution is 5.56. The van der Waals surface area contributed by atoms with Crippen LogP contribution in [0.15, 0.2) is 36.4 Å². The molecule has 156 valence electrons. The molecular weight excluding hydrogens is 356 g/mol. The summed E-state index contributed by atoms with van der Waals surface area (Å²) in [6, 6.07) is 13.5. The number of nitrogens with two attached hydrogens (primary N) is 1. The summed E-state index contributed by atoms with van der Waals surface area (Å²) in [5.74, 6) is 0. The normalized spacial score (nSPS) is 25.6. The first-order valence-electron chi connectivity index (χ1n) is 11.0. The fourth-order valence-electron chi connectivity index (χ4n) is 5.78. The maximum absolute atomic E-state index is 6.41. The lowest BCUT2D eigenvalue weighted by molar-refractivity contribution is -0.0491. The van der Waals surface area contributed by atoms with Crippen LogP contribution in [0.3, 0.4) is 0 Å². The zero-order valence-corrected chi connectivity index (χ0v) is 18.7. The molecule has 0 spiro atoms. The number of nitrogen functional groups attached to an aromatic ring is 1. The molecule has 0 unspecified atom stereocenters. The van der Waals surface area contributed by atoms with Crippen molar-refractivity contribution >= 4 is 5.69 Å². The number of ether oxygens (including phenoxy) is 1. The Kier molecular flexibility index (Phi) is 5.25. The average Bonchev–Trinajstić information content (AvgIpc) is 2.66. The predicted molar refractivity (Wildman–Crippen MR) is 121 cm³/mol. The Hall–Kier alpha value is -1.84. The Morgan fingerprint density at radius 1 is 1.07 bits per heavy atom. The molecule has 0 radical (unpaired) electrons. The Labute approximate surface area is 176 Å². The number of hydrogen-bond donors (Lipinski definition) is 1. The molecule has 0 saturated carbocycles. The van der Waals surface area contributed by atoms with Crippen LogP contribution in [0.1, 0.15) is 55.0 Å². The van der Waals surface area contributed by atoms with Crippen LogP contribution in [0.4, 0.5) is 5.69 Å². The smallest absolute Gasteiger partial charge is 0.0722 e. The van der Waals surface area contributed by atoms with Gasteiger partial charge >= 0.3 is 0 Å². The van der Waals surface area contributed by atoms with Gasteiger partial charge in [0, 0.05) is 23.7 Å². The quantitative estimate of drug-likeness (QED) is 0.574. The van der Waals surface area contributed by atoms with Crippen molar-refractivity contribution in [2.75, 3.05) is 25.4 Å². The largest absolute Gasteiger partial charge is 0.398 e. The first kappa shape index (κ1) is 20.4. The van der Waals surface area contributed by atoms with Gasteiger partial charge in [-0.25, -0.2) is 0 Å². The van der Waals surface area contributed by atoms with Gasteiger partial charge in [0.2, 0.25) is 0 Å². The number of piperidine rings is 1. The number of aryl methyl sites for hydroxylation is 2. The van der Waals surface area contributed by atoms with Crippen molar-refractivity contribution in [1.29, 1.82) is 0 Å². The molecule has 1 saturated heterocycles. The molecule has 2 aliphatic rings. The van der Waals surface area contributed by atoms with Crippen molar-refractivity contribution in [2.45, 2.75) is 65.5 Å². The molecule has 1 aliphatic carbocycles. The summed E-state index contributed by atoms with van der Waals surface area (Å²) in [7, 11) is 0. The van der Waals surface area contributed by atoms with E-state index in [-0.39, 0.29) is 10.8 Å². The summed E-state index contributed by atoms with van der Waals surface area (Å²) in [6.07, 6.45) is 2.21. The molecule has 3 nitrogen and oxygen atoms in total. The van der Waals surface area contributed by atoms with E-state index in [1.54, 1.807) is 0 Å². The highest BCUT2D eigenvalue weighted by Crippen LogP contribution is 2.56. The molecule has 4 rings (SSSR count). The van der Waals surface area contributed by atoms with Crippen LogP contribution in [0, 0.1) is 19.3 Å². The number of likely N-dealkylation sites (tertiary alicyclic amines) is 1. The molecule has 2 bridgehead atoms. The second kappa shape index (κ2) is 7.45. The minimum atomic E-state index is 0.177. The lowest BCUT2D eigenvalue weighted by Gasteiger charge is -2.61. The summed E-state index contributed by atoms with van der Waals surface area (Å²) in [6.45, 7) is 15.3. The zero-order chi connectivity index (χ0) is 20.8. The van der Waals surface area contributed by atoms with E-state index in [0.29, 0.717) is 12.6 Å². The lowest BCUT2D eigenvalue weighted by Crippen LogP contribution is -2.64. The summed E-state index contributed by atoms with van der Waals surface area (Å²) in [4.78, 5) is 2.65. The van der Waals surface area contributed by atoms with Crippen molar-refractivity contribution in [3.8, 4) is 0 Å². The van der Waals surface area contributed by atoms with E-state index in [2.05, 4.69) is 75.9 Å². The Balaban J connectivity index is 1.47. The van der Waals surface area contributed by atoms with Crippen LogP contribution in [-0.2, 0) is 23.2 Å². The molecule has 2 N–H and O–H groups in total. The highest BCUT2D eigenvalue weighted by Gasteiger charge is 2.55. The van der Waals surface area contributed by atoms with Crippen LogP contribution in [0.25, 0.3) is 0 Å². The topological polar surface area (TPSA) is 38.5 Å². The second-order valence-electron chi connectivity index (χ2n) is 9.86. The van der Waals surface area contributed by atoms with E-state index in [9.17, 15) is 0 Å². The molecule has 2 aromatic carbocycles. The molecule has 29 heavy (non-hydrogen) atoms. The molecule has 2 aromatic rings. The Bertz CT molecular complexity index is 883. The van der Waals surface area contributed by atoms with E-state index in [0.717, 1.165) is 31.8 Å². The van der Waals surface area contributed by atoms with Crippen LogP contribution in [0.5, 0.6) is 0 Å². The molecule has 2 atom stereocenters. The van der Waals surface area contributed by atoms with Crippen LogP contribution < -0.4 is 5.73 Å². The van der Waals surface area contributed by atoms with E-state index in [4.69, 9.17) is 10.5 Å². The van der Waals surface area contributed by atoms with Gasteiger partial charge in [0.1, 0.15) is 0 Å². The van der Waals surface area contributed by atoms with Crippen LogP contribution >= 0.6 is 0 Å². The molecule has 0 amide bonds. The highest BCUT2D eigenvalue weighted by atomic mass is 16.5. The average molecular weight is 393 g/mol. The maximum Gasteiger partial charge on any atom is 0.0722 e. The van der Waals surface area contributed by atoms with Gasteiger partial charge in [-0.1, -0.05) is 51.1 Å². The monoisotopic (exact) mass is 392 g/mol. The summed E-state index contributed by atoms with van der Waals surface area (Å²) < 4.78 is 6.14. The van der Waals surface area contributed by atoms with E-state index < -0.39 is 0 Å². The van der Waals surface area contributed by atoms with Gasteiger partial charge in [0.25, 0.3) is 0 Å². The minimum Gasteiger partial charge on any atom is -0.398 e. The summed E-state index contributed by atoms with van der Waals surface area (Å²) in [5.41, 5.74) is 14.6. The third kappa shape index (κ3) is 3.29. The summed E-state index contributed by atoms with van der Waals surface area (Å²) >= 11 is 0. The third-order valence-electron chi connectivity index (χ3n) is 8.21. The molecule has 1 aliphatic heterocycles. The fourth-order valence-corrected chi connectivity index (χ4v) is 5.78. The van der Waals surface area contributed by atoms with Crippen LogP contribution in [0.2, 0.25) is 0 Å². The first-order chi connectivity index (χ1) is 13.8. The fraction of sp³-hybridized carbons (Fsp3) is 0.538. The number of nitrogens with zero attached hydrogens (tertiary/aromatic N) is 1. The number of fused-ring (bicyclic) bond motifs is 4.